The van der Waals surface area contributed by atoms with Gasteiger partial charge in [-0.1, -0.05) is 0 Å². The summed E-state index contributed by atoms with van der Waals surface area (Å²) in [6.07, 6.45) is 5.08. The van der Waals surface area contributed by atoms with Crippen LogP contribution in [0.25, 0.3) is 17.1 Å². The molecule has 0 fully saturated rings. The Morgan fingerprint density at radius 1 is 1.00 bits per heavy atom. The quantitative estimate of drug-likeness (QED) is 0.579. The summed E-state index contributed by atoms with van der Waals surface area (Å²) in [5.74, 6) is 2.16. The van der Waals surface area contributed by atoms with E-state index in [1.165, 1.54) is 0 Å². The largest absolute Gasteiger partial charge is 0.454 e. The zero-order valence-electron chi connectivity index (χ0n) is 13.8. The van der Waals surface area contributed by atoms with Crippen molar-refractivity contribution in [2.75, 3.05) is 0 Å². The average Bonchev–Trinajstić information content (AvgIpc) is 3.08. The first-order valence-electron chi connectivity index (χ1n) is 7.69. The predicted molar refractivity (Wildman–Crippen MR) is 91.6 cm³/mol. The lowest BCUT2D eigenvalue weighted by Gasteiger charge is -2.08. The van der Waals surface area contributed by atoms with Crippen LogP contribution in [-0.4, -0.2) is 24.1 Å². The van der Waals surface area contributed by atoms with E-state index in [9.17, 15) is 0 Å². The van der Waals surface area contributed by atoms with Crippen LogP contribution in [0.3, 0.4) is 0 Å². The second kappa shape index (κ2) is 5.49. The molecule has 0 unspecified atom stereocenters. The first kappa shape index (κ1) is 14.4. The Kier molecular flexibility index (Phi) is 3.30. The minimum atomic E-state index is 0.640. The van der Waals surface area contributed by atoms with E-state index in [1.807, 2.05) is 29.8 Å². The molecular formula is C18H17N5O. The summed E-state index contributed by atoms with van der Waals surface area (Å²) in [6, 6.07) is 9.75. The van der Waals surface area contributed by atoms with E-state index in [0.717, 1.165) is 28.5 Å². The highest BCUT2D eigenvalue weighted by Gasteiger charge is 2.14. The number of hydrogen-bond donors (Lipinski definition) is 0. The monoisotopic (exact) mass is 319 g/mol. The normalized spacial score (nSPS) is 11.1. The van der Waals surface area contributed by atoms with E-state index in [0.29, 0.717) is 11.5 Å². The molecule has 0 saturated carbocycles. The molecule has 0 atom stereocenters. The van der Waals surface area contributed by atoms with Gasteiger partial charge < -0.3 is 4.74 Å². The average molecular weight is 319 g/mol. The predicted octanol–water partition coefficient (Wildman–Crippen LogP) is 3.56. The Balaban J connectivity index is 1.79. The maximum atomic E-state index is 5.79. The van der Waals surface area contributed by atoms with E-state index < -0.39 is 0 Å². The second-order valence-corrected chi connectivity index (χ2v) is 5.73. The summed E-state index contributed by atoms with van der Waals surface area (Å²) < 4.78 is 9.90. The Labute approximate surface area is 139 Å². The van der Waals surface area contributed by atoms with Gasteiger partial charge in [-0.2, -0.15) is 0 Å². The number of hydrogen-bond acceptors (Lipinski definition) is 4. The van der Waals surface area contributed by atoms with Crippen LogP contribution >= 0.6 is 0 Å². The number of rotatable bonds is 3. The van der Waals surface area contributed by atoms with Crippen molar-refractivity contribution in [2.24, 2.45) is 7.05 Å². The Morgan fingerprint density at radius 3 is 2.50 bits per heavy atom. The van der Waals surface area contributed by atoms with Crippen LogP contribution in [0.1, 0.15) is 11.4 Å². The highest BCUT2D eigenvalue weighted by Crippen LogP contribution is 2.25. The molecule has 0 saturated heterocycles. The third-order valence-electron chi connectivity index (χ3n) is 4.00. The molecule has 4 aromatic heterocycles. The fraction of sp³-hybridized carbons (Fsp3) is 0.167. The van der Waals surface area contributed by atoms with Crippen LogP contribution in [-0.2, 0) is 7.05 Å². The van der Waals surface area contributed by atoms with Crippen molar-refractivity contribution in [1.29, 1.82) is 0 Å². The molecule has 120 valence electrons. The number of fused-ring (bicyclic) bond motifs is 1. The van der Waals surface area contributed by atoms with E-state index >= 15 is 0 Å². The molecule has 4 rings (SSSR count). The van der Waals surface area contributed by atoms with Crippen molar-refractivity contribution in [1.82, 2.24) is 24.1 Å². The van der Waals surface area contributed by atoms with Crippen molar-refractivity contribution >= 4 is 11.2 Å². The molecule has 0 radical (unpaired) electrons. The minimum absolute atomic E-state index is 0.640. The molecule has 0 aliphatic rings. The SMILES string of the molecule is Cc1ccc(C)n1-c1nc2cc(Oc3cccnc3)cnc2n1C. The van der Waals surface area contributed by atoms with Crippen LogP contribution in [0.2, 0.25) is 0 Å². The second-order valence-electron chi connectivity index (χ2n) is 5.73. The van der Waals surface area contributed by atoms with Crippen molar-refractivity contribution in [3.8, 4) is 17.4 Å². The molecular weight excluding hydrogens is 302 g/mol. The molecule has 6 nitrogen and oxygen atoms in total. The molecule has 0 N–H and O–H groups in total. The molecule has 0 spiro atoms. The van der Waals surface area contributed by atoms with Crippen LogP contribution < -0.4 is 4.74 Å². The first-order chi connectivity index (χ1) is 11.6. The van der Waals surface area contributed by atoms with Gasteiger partial charge in [-0.05, 0) is 38.1 Å². The molecule has 0 amide bonds. The molecule has 0 aliphatic heterocycles. The minimum Gasteiger partial charge on any atom is -0.454 e. The fourth-order valence-corrected chi connectivity index (χ4v) is 2.83. The van der Waals surface area contributed by atoms with Crippen LogP contribution in [0.15, 0.2) is 48.9 Å². The maximum Gasteiger partial charge on any atom is 0.216 e. The Hall–Kier alpha value is -3.15. The third-order valence-corrected chi connectivity index (χ3v) is 4.00. The number of imidazole rings is 1. The van der Waals surface area contributed by atoms with Crippen LogP contribution in [0.5, 0.6) is 11.5 Å². The number of ether oxygens (including phenoxy) is 1. The summed E-state index contributed by atoms with van der Waals surface area (Å²) in [7, 11) is 1.97. The van der Waals surface area contributed by atoms with Gasteiger partial charge in [0.15, 0.2) is 5.65 Å². The van der Waals surface area contributed by atoms with Gasteiger partial charge in [0.05, 0.1) is 12.4 Å². The van der Waals surface area contributed by atoms with E-state index in [2.05, 4.69) is 40.5 Å². The van der Waals surface area contributed by atoms with Gasteiger partial charge in [0.2, 0.25) is 5.95 Å². The Bertz CT molecular complexity index is 997. The molecule has 4 heterocycles. The summed E-state index contributed by atoms with van der Waals surface area (Å²) in [6.45, 7) is 4.13. The topological polar surface area (TPSA) is 57.8 Å². The number of aryl methyl sites for hydroxylation is 3. The zero-order chi connectivity index (χ0) is 16.7. The van der Waals surface area contributed by atoms with E-state index in [1.54, 1.807) is 18.6 Å². The van der Waals surface area contributed by atoms with Gasteiger partial charge in [0.25, 0.3) is 0 Å². The van der Waals surface area contributed by atoms with Gasteiger partial charge in [0.1, 0.15) is 17.0 Å². The van der Waals surface area contributed by atoms with Gasteiger partial charge in [0, 0.05) is 30.7 Å². The van der Waals surface area contributed by atoms with E-state index in [4.69, 9.17) is 9.72 Å². The summed E-state index contributed by atoms with van der Waals surface area (Å²) >= 11 is 0. The zero-order valence-corrected chi connectivity index (χ0v) is 13.8. The van der Waals surface area contributed by atoms with E-state index in [-0.39, 0.29) is 0 Å². The Morgan fingerprint density at radius 2 is 1.79 bits per heavy atom. The fourth-order valence-electron chi connectivity index (χ4n) is 2.83. The van der Waals surface area contributed by atoms with Gasteiger partial charge in [-0.3, -0.25) is 14.1 Å². The summed E-state index contributed by atoms with van der Waals surface area (Å²) in [4.78, 5) is 13.3. The lowest BCUT2D eigenvalue weighted by molar-refractivity contribution is 0.479. The molecule has 6 heteroatoms. The lowest BCUT2D eigenvalue weighted by atomic mass is 10.4. The third kappa shape index (κ3) is 2.32. The van der Waals surface area contributed by atoms with Gasteiger partial charge in [-0.15, -0.1) is 0 Å². The molecule has 4 aromatic rings. The van der Waals surface area contributed by atoms with Crippen molar-refractivity contribution < 1.29 is 4.74 Å². The lowest BCUT2D eigenvalue weighted by Crippen LogP contribution is -2.06. The first-order valence-corrected chi connectivity index (χ1v) is 7.69. The number of aromatic nitrogens is 5. The molecule has 24 heavy (non-hydrogen) atoms. The molecule has 0 bridgehead atoms. The van der Waals surface area contributed by atoms with Gasteiger partial charge in [-0.25, -0.2) is 9.97 Å². The summed E-state index contributed by atoms with van der Waals surface area (Å²) in [5, 5.41) is 0. The molecule has 0 aromatic carbocycles. The summed E-state index contributed by atoms with van der Waals surface area (Å²) in [5.41, 5.74) is 3.88. The number of nitrogens with zero attached hydrogens (tertiary/aromatic N) is 5. The highest BCUT2D eigenvalue weighted by molar-refractivity contribution is 5.74. The van der Waals surface area contributed by atoms with Crippen molar-refractivity contribution in [2.45, 2.75) is 13.8 Å². The maximum absolute atomic E-state index is 5.79. The van der Waals surface area contributed by atoms with Crippen LogP contribution in [0.4, 0.5) is 0 Å². The van der Waals surface area contributed by atoms with Crippen LogP contribution in [0, 0.1) is 13.8 Å². The number of pyridine rings is 2. The molecule has 0 aliphatic carbocycles. The van der Waals surface area contributed by atoms with Crippen molar-refractivity contribution in [3.63, 3.8) is 0 Å². The smallest absolute Gasteiger partial charge is 0.216 e. The highest BCUT2D eigenvalue weighted by atomic mass is 16.5. The van der Waals surface area contributed by atoms with Crippen molar-refractivity contribution in [3.05, 3.63) is 60.3 Å². The van der Waals surface area contributed by atoms with Gasteiger partial charge >= 0.3 is 0 Å². The standard InChI is InChI=1S/C18H17N5O/c1-12-6-7-13(2)23(12)18-21-16-9-15(11-20-17(16)22(18)3)24-14-5-4-8-19-10-14/h4-11H,1-3H3.